The van der Waals surface area contributed by atoms with E-state index < -0.39 is 5.97 Å². The first-order valence-corrected chi connectivity index (χ1v) is 22.4. The Labute approximate surface area is 343 Å². The summed E-state index contributed by atoms with van der Waals surface area (Å²) in [5, 5.41) is 11.1. The van der Waals surface area contributed by atoms with Crippen molar-refractivity contribution >= 4 is 17.8 Å². The molecule has 0 aromatic heterocycles. The number of amides is 1. The van der Waals surface area contributed by atoms with Crippen molar-refractivity contribution in [3.8, 4) is 0 Å². The van der Waals surface area contributed by atoms with E-state index in [-0.39, 0.29) is 24.5 Å². The third-order valence-electron chi connectivity index (χ3n) is 9.22. The van der Waals surface area contributed by atoms with Crippen LogP contribution in [-0.2, 0) is 19.1 Å². The van der Waals surface area contributed by atoms with Gasteiger partial charge >= 0.3 is 11.9 Å². The fourth-order valence-corrected chi connectivity index (χ4v) is 5.94. The molecule has 0 heterocycles. The van der Waals surface area contributed by atoms with Crippen LogP contribution in [-0.4, -0.2) is 35.6 Å². The molecule has 0 saturated heterocycles. The highest BCUT2D eigenvalue weighted by molar-refractivity contribution is 5.80. The number of carbonyl (C=O) groups is 3. The van der Waals surface area contributed by atoms with Gasteiger partial charge in [0.05, 0.1) is 0 Å². The second-order valence-electron chi connectivity index (χ2n) is 14.6. The quantitative estimate of drug-likeness (QED) is 0.0368. The van der Waals surface area contributed by atoms with Crippen LogP contribution in [0.2, 0.25) is 0 Å². The standard InChI is InChI=1S/C50H81NO5/c1-3-5-7-9-11-13-15-16-17-18-19-20-21-22-23-24-25-26-28-30-32-37-41-45-50(55)56-47(42-38-34-31-29-27-14-12-10-8-6-4-2)43-39-35-33-36-40-44-48(52)51-46-49(53)54/h5,7,11-14,16-17,19-20,22-23,29,31,38,42,47H,3-4,6,8-10,15,18,21,24-28,30,32-37,39-41,43-46H2,1-2H3,(H,51,52)(H,53,54)/b7-5-,13-11-,14-12-,17-16-,20-19-,23-22-,31-29-,42-38-. The van der Waals surface area contributed by atoms with Crippen molar-refractivity contribution in [2.45, 2.75) is 193 Å². The monoisotopic (exact) mass is 776 g/mol. The summed E-state index contributed by atoms with van der Waals surface area (Å²) >= 11 is 0. The molecular weight excluding hydrogens is 695 g/mol. The largest absolute Gasteiger partial charge is 0.480 e. The number of aliphatic carboxylic acids is 1. The number of unbranched alkanes of at least 4 members (excludes halogenated alkanes) is 14. The van der Waals surface area contributed by atoms with Gasteiger partial charge in [-0.25, -0.2) is 0 Å². The summed E-state index contributed by atoms with van der Waals surface area (Å²) in [5.74, 6) is -1.35. The molecule has 0 aromatic rings. The van der Waals surface area contributed by atoms with E-state index in [9.17, 15) is 14.4 Å². The van der Waals surface area contributed by atoms with Gasteiger partial charge in [-0.3, -0.25) is 14.4 Å². The zero-order valence-corrected chi connectivity index (χ0v) is 35.7. The number of hydrogen-bond donors (Lipinski definition) is 2. The second kappa shape index (κ2) is 44.0. The molecule has 316 valence electrons. The van der Waals surface area contributed by atoms with Crippen LogP contribution < -0.4 is 5.32 Å². The number of carboxylic acids is 1. The zero-order chi connectivity index (χ0) is 40.8. The fraction of sp³-hybridized carbons (Fsp3) is 0.620. The van der Waals surface area contributed by atoms with Gasteiger partial charge in [0.25, 0.3) is 0 Å². The van der Waals surface area contributed by atoms with Gasteiger partial charge in [-0.1, -0.05) is 169 Å². The fourth-order valence-electron chi connectivity index (χ4n) is 5.94. The molecule has 0 aliphatic rings. The van der Waals surface area contributed by atoms with E-state index in [4.69, 9.17) is 9.84 Å². The predicted molar refractivity (Wildman–Crippen MR) is 240 cm³/mol. The summed E-state index contributed by atoms with van der Waals surface area (Å²) in [5.41, 5.74) is 0. The summed E-state index contributed by atoms with van der Waals surface area (Å²) in [7, 11) is 0. The molecule has 0 aliphatic carbocycles. The minimum Gasteiger partial charge on any atom is -0.480 e. The summed E-state index contributed by atoms with van der Waals surface area (Å²) < 4.78 is 5.92. The Balaban J connectivity index is 4.21. The van der Waals surface area contributed by atoms with Crippen LogP contribution in [0.4, 0.5) is 0 Å². The molecule has 1 amide bonds. The van der Waals surface area contributed by atoms with Gasteiger partial charge in [-0.2, -0.15) is 0 Å². The topological polar surface area (TPSA) is 92.7 Å². The van der Waals surface area contributed by atoms with Crippen molar-refractivity contribution in [2.75, 3.05) is 6.54 Å². The smallest absolute Gasteiger partial charge is 0.322 e. The highest BCUT2D eigenvalue weighted by Crippen LogP contribution is 2.15. The predicted octanol–water partition coefficient (Wildman–Crippen LogP) is 14.1. The SMILES string of the molecule is CC/C=C\C/C=C\C/C=C\C/C=C\C/C=C\CCCCCCCCCC(=O)OC(/C=C\C/C=C\C/C=C\CCCCC)CCCCCCCC(=O)NCC(=O)O. The van der Waals surface area contributed by atoms with E-state index >= 15 is 0 Å². The zero-order valence-electron chi connectivity index (χ0n) is 35.7. The summed E-state index contributed by atoms with van der Waals surface area (Å²) in [4.78, 5) is 35.0. The molecule has 0 saturated carbocycles. The number of rotatable bonds is 39. The summed E-state index contributed by atoms with van der Waals surface area (Å²) in [6.45, 7) is 4.06. The summed E-state index contributed by atoms with van der Waals surface area (Å²) in [6, 6.07) is 0. The van der Waals surface area contributed by atoms with Crippen LogP contribution in [0, 0.1) is 0 Å². The molecule has 6 heteroatoms. The van der Waals surface area contributed by atoms with E-state index in [2.05, 4.69) is 116 Å². The maximum absolute atomic E-state index is 12.7. The Morgan fingerprint density at radius 1 is 0.500 bits per heavy atom. The number of allylic oxidation sites excluding steroid dienone is 15. The molecule has 1 atom stereocenters. The normalized spacial score (nSPS) is 13.0. The number of carbonyl (C=O) groups excluding carboxylic acids is 2. The Hall–Kier alpha value is -3.67. The first kappa shape index (κ1) is 52.3. The first-order valence-electron chi connectivity index (χ1n) is 22.4. The van der Waals surface area contributed by atoms with Crippen LogP contribution in [0.25, 0.3) is 0 Å². The Morgan fingerprint density at radius 3 is 1.45 bits per heavy atom. The molecular formula is C50H81NO5. The molecule has 0 aromatic carbocycles. The van der Waals surface area contributed by atoms with Crippen molar-refractivity contribution < 1.29 is 24.2 Å². The van der Waals surface area contributed by atoms with Gasteiger partial charge in [0, 0.05) is 12.8 Å². The van der Waals surface area contributed by atoms with Crippen molar-refractivity contribution in [1.82, 2.24) is 5.32 Å². The molecule has 0 bridgehead atoms. The highest BCUT2D eigenvalue weighted by Gasteiger charge is 2.11. The van der Waals surface area contributed by atoms with Gasteiger partial charge in [0.2, 0.25) is 5.91 Å². The van der Waals surface area contributed by atoms with Crippen molar-refractivity contribution in [1.29, 1.82) is 0 Å². The van der Waals surface area contributed by atoms with Crippen LogP contribution in [0.5, 0.6) is 0 Å². The van der Waals surface area contributed by atoms with Crippen molar-refractivity contribution in [3.63, 3.8) is 0 Å². The number of nitrogens with one attached hydrogen (secondary N) is 1. The minimum atomic E-state index is -1.03. The molecule has 0 spiro atoms. The lowest BCUT2D eigenvalue weighted by atomic mass is 10.1. The third kappa shape index (κ3) is 43.1. The molecule has 0 radical (unpaired) electrons. The lowest BCUT2D eigenvalue weighted by Crippen LogP contribution is -2.28. The Kier molecular flexibility index (Phi) is 41.2. The van der Waals surface area contributed by atoms with Crippen LogP contribution in [0.3, 0.4) is 0 Å². The van der Waals surface area contributed by atoms with Crippen molar-refractivity contribution in [2.24, 2.45) is 0 Å². The number of carboxylic acid groups (broad SMARTS) is 1. The first-order chi connectivity index (χ1) is 27.5. The Morgan fingerprint density at radius 2 is 0.929 bits per heavy atom. The molecule has 0 aliphatic heterocycles. The van der Waals surface area contributed by atoms with E-state index in [1.165, 1.54) is 51.4 Å². The molecule has 1 unspecified atom stereocenters. The van der Waals surface area contributed by atoms with Gasteiger partial charge < -0.3 is 15.2 Å². The maximum Gasteiger partial charge on any atom is 0.322 e. The van der Waals surface area contributed by atoms with Gasteiger partial charge in [0.15, 0.2) is 0 Å². The highest BCUT2D eigenvalue weighted by atomic mass is 16.5. The van der Waals surface area contributed by atoms with Crippen molar-refractivity contribution in [3.05, 3.63) is 97.2 Å². The minimum absolute atomic E-state index is 0.104. The molecule has 0 rings (SSSR count). The van der Waals surface area contributed by atoms with Crippen LogP contribution in [0.15, 0.2) is 97.2 Å². The average Bonchev–Trinajstić information content (AvgIpc) is 3.18. The Bertz CT molecular complexity index is 1170. The average molecular weight is 776 g/mol. The molecule has 2 N–H and O–H groups in total. The van der Waals surface area contributed by atoms with E-state index in [0.717, 1.165) is 109 Å². The van der Waals surface area contributed by atoms with Crippen LogP contribution >= 0.6 is 0 Å². The lowest BCUT2D eigenvalue weighted by molar-refractivity contribution is -0.147. The third-order valence-corrected chi connectivity index (χ3v) is 9.22. The second-order valence-corrected chi connectivity index (χ2v) is 14.6. The van der Waals surface area contributed by atoms with Crippen LogP contribution in [0.1, 0.15) is 187 Å². The van der Waals surface area contributed by atoms with E-state index in [1.54, 1.807) is 0 Å². The number of ether oxygens (including phenoxy) is 1. The number of esters is 1. The number of hydrogen-bond acceptors (Lipinski definition) is 4. The van der Waals surface area contributed by atoms with Gasteiger partial charge in [-0.05, 0) is 102 Å². The molecule has 56 heavy (non-hydrogen) atoms. The molecule has 0 fully saturated rings. The van der Waals surface area contributed by atoms with E-state index in [0.29, 0.717) is 12.8 Å². The molecule has 6 nitrogen and oxygen atoms in total. The maximum atomic E-state index is 12.7. The van der Waals surface area contributed by atoms with Gasteiger partial charge in [-0.15, -0.1) is 0 Å². The van der Waals surface area contributed by atoms with E-state index in [1.807, 2.05) is 0 Å². The summed E-state index contributed by atoms with van der Waals surface area (Å²) in [6.07, 6.45) is 62.6. The lowest BCUT2D eigenvalue weighted by Gasteiger charge is -2.14. The van der Waals surface area contributed by atoms with Gasteiger partial charge in [0.1, 0.15) is 12.6 Å².